The van der Waals surface area contributed by atoms with Crippen molar-refractivity contribution in [1.29, 1.82) is 0 Å². The molecule has 28 heavy (non-hydrogen) atoms. The average molecular weight is 382 g/mol. The molecule has 0 radical (unpaired) electrons. The van der Waals surface area contributed by atoms with Gasteiger partial charge in [-0.25, -0.2) is 4.79 Å². The fourth-order valence-electron chi connectivity index (χ4n) is 3.24. The van der Waals surface area contributed by atoms with Gasteiger partial charge in [0.1, 0.15) is 0 Å². The van der Waals surface area contributed by atoms with E-state index in [2.05, 4.69) is 10.3 Å². The number of carbonyl (C=O) groups excluding carboxylic acids is 2. The number of likely N-dealkylation sites (tertiary alicyclic amines) is 1. The second-order valence-corrected chi connectivity index (χ2v) is 6.81. The molecule has 4 N–H and O–H groups in total. The van der Waals surface area contributed by atoms with Crippen molar-refractivity contribution in [2.24, 2.45) is 5.73 Å². The lowest BCUT2D eigenvalue weighted by atomic mass is 10.0. The van der Waals surface area contributed by atoms with Crippen molar-refractivity contribution < 1.29 is 19.5 Å². The smallest absolute Gasteiger partial charge is 0.337 e. The summed E-state index contributed by atoms with van der Waals surface area (Å²) >= 11 is 0. The zero-order valence-corrected chi connectivity index (χ0v) is 15.3. The third kappa shape index (κ3) is 4.92. The number of piperidine rings is 1. The molecule has 8 heteroatoms. The summed E-state index contributed by atoms with van der Waals surface area (Å²) in [6.45, 7) is 1.68. The number of nitrogens with one attached hydrogen (secondary N) is 1. The first-order valence-electron chi connectivity index (χ1n) is 9.03. The first-order valence-corrected chi connectivity index (χ1v) is 9.03. The van der Waals surface area contributed by atoms with Gasteiger partial charge in [0.15, 0.2) is 0 Å². The highest BCUT2D eigenvalue weighted by molar-refractivity contribution is 5.95. The third-order valence-corrected chi connectivity index (χ3v) is 4.73. The van der Waals surface area contributed by atoms with Crippen LogP contribution in [0.3, 0.4) is 0 Å². The zero-order valence-electron chi connectivity index (χ0n) is 15.3. The van der Waals surface area contributed by atoms with E-state index in [1.165, 1.54) is 12.3 Å². The Morgan fingerprint density at radius 2 is 1.89 bits per heavy atom. The number of primary amides is 1. The molecule has 0 spiro atoms. The van der Waals surface area contributed by atoms with Crippen LogP contribution in [0.1, 0.15) is 33.6 Å². The Kier molecular flexibility index (Phi) is 6.00. The molecule has 3 rings (SSSR count). The summed E-state index contributed by atoms with van der Waals surface area (Å²) in [4.78, 5) is 40.7. The highest BCUT2D eigenvalue weighted by atomic mass is 16.4. The first kappa shape index (κ1) is 19.5. The third-order valence-electron chi connectivity index (χ3n) is 4.73. The number of benzene rings is 1. The topological polar surface area (TPSA) is 126 Å². The molecule has 1 saturated heterocycles. The van der Waals surface area contributed by atoms with Crippen LogP contribution in [-0.2, 0) is 4.79 Å². The normalized spacial score (nSPS) is 15.1. The van der Waals surface area contributed by atoms with Crippen LogP contribution in [0.5, 0.6) is 0 Å². The van der Waals surface area contributed by atoms with Crippen molar-refractivity contribution in [2.75, 3.05) is 19.6 Å². The maximum Gasteiger partial charge on any atom is 0.337 e. The number of rotatable bonds is 6. The minimum Gasteiger partial charge on any atom is -0.478 e. The van der Waals surface area contributed by atoms with Crippen molar-refractivity contribution in [3.05, 3.63) is 53.7 Å². The summed E-state index contributed by atoms with van der Waals surface area (Å²) in [5, 5.41) is 12.0. The molecule has 8 nitrogen and oxygen atoms in total. The molecule has 2 amide bonds. The number of nitrogens with two attached hydrogens (primary N) is 1. The van der Waals surface area contributed by atoms with Crippen molar-refractivity contribution in [1.82, 2.24) is 15.2 Å². The van der Waals surface area contributed by atoms with E-state index in [1.807, 2.05) is 11.0 Å². The van der Waals surface area contributed by atoms with Gasteiger partial charge < -0.3 is 16.2 Å². The molecule has 0 saturated carbocycles. The molecule has 0 bridgehead atoms. The van der Waals surface area contributed by atoms with Crippen LogP contribution >= 0.6 is 0 Å². The van der Waals surface area contributed by atoms with Gasteiger partial charge in [-0.2, -0.15) is 0 Å². The van der Waals surface area contributed by atoms with Gasteiger partial charge >= 0.3 is 5.97 Å². The summed E-state index contributed by atoms with van der Waals surface area (Å²) < 4.78 is 0. The molecular formula is C20H22N4O4. The number of aromatic carboxylic acids is 1. The number of aromatic nitrogens is 1. The quantitative estimate of drug-likeness (QED) is 0.688. The molecule has 0 aliphatic carbocycles. The summed E-state index contributed by atoms with van der Waals surface area (Å²) in [6.07, 6.45) is 2.82. The molecule has 1 fully saturated rings. The summed E-state index contributed by atoms with van der Waals surface area (Å²) in [6, 6.07) is 10.2. The second-order valence-electron chi connectivity index (χ2n) is 6.81. The van der Waals surface area contributed by atoms with E-state index >= 15 is 0 Å². The number of hydrogen-bond donors (Lipinski definition) is 3. The SMILES string of the molecule is NC(=O)CN1CCC(NC(=O)c2cccc(-c3ccc(C(=O)O)cn3)c2)CC1. The molecule has 1 aromatic heterocycles. The maximum absolute atomic E-state index is 12.6. The van der Waals surface area contributed by atoms with Gasteiger partial charge in [-0.3, -0.25) is 19.5 Å². The number of hydrogen-bond acceptors (Lipinski definition) is 5. The van der Waals surface area contributed by atoms with Gasteiger partial charge in [0, 0.05) is 36.5 Å². The van der Waals surface area contributed by atoms with Crippen molar-refractivity contribution in [3.8, 4) is 11.3 Å². The molecule has 1 aliphatic heterocycles. The van der Waals surface area contributed by atoms with E-state index in [-0.39, 0.29) is 30.0 Å². The van der Waals surface area contributed by atoms with Crippen LogP contribution in [0.4, 0.5) is 0 Å². The van der Waals surface area contributed by atoms with E-state index in [0.29, 0.717) is 24.3 Å². The van der Waals surface area contributed by atoms with Gasteiger partial charge in [-0.1, -0.05) is 12.1 Å². The molecule has 1 aromatic carbocycles. The predicted octanol–water partition coefficient (Wildman–Crippen LogP) is 1.13. The van der Waals surface area contributed by atoms with Gasteiger partial charge in [0.25, 0.3) is 5.91 Å². The van der Waals surface area contributed by atoms with E-state index < -0.39 is 5.97 Å². The van der Waals surface area contributed by atoms with Crippen LogP contribution in [0, 0.1) is 0 Å². The Balaban J connectivity index is 1.63. The fourth-order valence-corrected chi connectivity index (χ4v) is 3.24. The highest BCUT2D eigenvalue weighted by Crippen LogP contribution is 2.19. The molecule has 1 aliphatic rings. The molecule has 0 atom stereocenters. The molecule has 2 heterocycles. The van der Waals surface area contributed by atoms with Crippen LogP contribution in [0.15, 0.2) is 42.6 Å². The van der Waals surface area contributed by atoms with E-state index in [9.17, 15) is 14.4 Å². The average Bonchev–Trinajstić information content (AvgIpc) is 2.69. The molecule has 146 valence electrons. The first-order chi connectivity index (χ1) is 13.4. The van der Waals surface area contributed by atoms with Gasteiger partial charge in [0.05, 0.1) is 17.8 Å². The minimum atomic E-state index is -1.03. The maximum atomic E-state index is 12.6. The Labute approximate surface area is 162 Å². The largest absolute Gasteiger partial charge is 0.478 e. The van der Waals surface area contributed by atoms with E-state index in [4.69, 9.17) is 10.8 Å². The second kappa shape index (κ2) is 8.62. The lowest BCUT2D eigenvalue weighted by Gasteiger charge is -2.31. The van der Waals surface area contributed by atoms with Gasteiger partial charge in [0.2, 0.25) is 5.91 Å². The monoisotopic (exact) mass is 382 g/mol. The van der Waals surface area contributed by atoms with Crippen LogP contribution in [0.25, 0.3) is 11.3 Å². The number of carboxylic acids is 1. The number of carbonyl (C=O) groups is 3. The number of carboxylic acid groups (broad SMARTS) is 1. The summed E-state index contributed by atoms with van der Waals surface area (Å²) in [7, 11) is 0. The van der Waals surface area contributed by atoms with Crippen LogP contribution in [-0.4, -0.2) is 58.5 Å². The number of pyridine rings is 1. The molecule has 0 unspecified atom stereocenters. The van der Waals surface area contributed by atoms with Crippen molar-refractivity contribution >= 4 is 17.8 Å². The van der Waals surface area contributed by atoms with E-state index in [0.717, 1.165) is 18.4 Å². The van der Waals surface area contributed by atoms with Gasteiger partial charge in [-0.05, 0) is 37.1 Å². The lowest BCUT2D eigenvalue weighted by molar-refractivity contribution is -0.119. The summed E-state index contributed by atoms with van der Waals surface area (Å²) in [5.41, 5.74) is 7.18. The standard InChI is InChI=1S/C20H22N4O4/c21-18(25)12-24-8-6-16(7-9-24)23-19(26)14-3-1-2-13(10-14)17-5-4-15(11-22-17)20(27)28/h1-5,10-11,16H,6-9,12H2,(H2,21,25)(H,23,26)(H,27,28). The van der Waals surface area contributed by atoms with Gasteiger partial charge in [-0.15, -0.1) is 0 Å². The Morgan fingerprint density at radius 3 is 2.50 bits per heavy atom. The van der Waals surface area contributed by atoms with Crippen molar-refractivity contribution in [2.45, 2.75) is 18.9 Å². The van der Waals surface area contributed by atoms with Crippen molar-refractivity contribution in [3.63, 3.8) is 0 Å². The number of amides is 2. The molecular weight excluding hydrogens is 360 g/mol. The highest BCUT2D eigenvalue weighted by Gasteiger charge is 2.22. The lowest BCUT2D eigenvalue weighted by Crippen LogP contribution is -2.46. The Morgan fingerprint density at radius 1 is 1.14 bits per heavy atom. The van der Waals surface area contributed by atoms with E-state index in [1.54, 1.807) is 24.3 Å². The molecule has 2 aromatic rings. The minimum absolute atomic E-state index is 0.0493. The Hall–Kier alpha value is -3.26. The zero-order chi connectivity index (χ0) is 20.1. The number of nitrogens with zero attached hydrogens (tertiary/aromatic N) is 2. The van der Waals surface area contributed by atoms with Crippen LogP contribution < -0.4 is 11.1 Å². The van der Waals surface area contributed by atoms with Crippen LogP contribution in [0.2, 0.25) is 0 Å². The predicted molar refractivity (Wildman–Crippen MR) is 103 cm³/mol. The fraction of sp³-hybridized carbons (Fsp3) is 0.300. The summed E-state index contributed by atoms with van der Waals surface area (Å²) in [5.74, 6) is -1.55. The Bertz CT molecular complexity index is 874.